The Labute approximate surface area is 170 Å². The van der Waals surface area contributed by atoms with Crippen LogP contribution < -0.4 is 9.62 Å². The third-order valence-corrected chi connectivity index (χ3v) is 6.13. The molecule has 1 atom stereocenters. The normalized spacial score (nSPS) is 12.5. The lowest BCUT2D eigenvalue weighted by atomic mass is 10.1. The van der Waals surface area contributed by atoms with E-state index in [0.717, 1.165) is 21.7 Å². The van der Waals surface area contributed by atoms with Crippen molar-refractivity contribution in [1.82, 2.24) is 5.32 Å². The fraction of sp³-hybridized carbons (Fsp3) is 0.316. The largest absolute Gasteiger partial charge is 0.350 e. The third-order valence-electron chi connectivity index (χ3n) is 4.30. The molecule has 0 aromatic heterocycles. The second-order valence-electron chi connectivity index (χ2n) is 6.46. The molecule has 0 heterocycles. The van der Waals surface area contributed by atoms with Crippen LogP contribution in [0.2, 0.25) is 10.0 Å². The summed E-state index contributed by atoms with van der Waals surface area (Å²) >= 11 is 12.0. The van der Waals surface area contributed by atoms with Gasteiger partial charge in [0.15, 0.2) is 0 Å². The van der Waals surface area contributed by atoms with Gasteiger partial charge in [0.2, 0.25) is 15.9 Å². The highest BCUT2D eigenvalue weighted by Gasteiger charge is 2.29. The first kappa shape index (κ1) is 21.5. The number of rotatable bonds is 6. The molecule has 0 unspecified atom stereocenters. The Hall–Kier alpha value is -1.76. The number of halogens is 2. The Bertz CT molecular complexity index is 961. The smallest absolute Gasteiger partial charge is 0.243 e. The van der Waals surface area contributed by atoms with Gasteiger partial charge in [0.25, 0.3) is 0 Å². The summed E-state index contributed by atoms with van der Waals surface area (Å²) in [5.41, 5.74) is 3.13. The molecular formula is C19H22Cl2N2O3S. The predicted molar refractivity (Wildman–Crippen MR) is 111 cm³/mol. The molecule has 8 heteroatoms. The first-order valence-corrected chi connectivity index (χ1v) is 10.9. The average Bonchev–Trinajstić information content (AvgIpc) is 2.56. The van der Waals surface area contributed by atoms with Gasteiger partial charge < -0.3 is 5.32 Å². The summed E-state index contributed by atoms with van der Waals surface area (Å²) in [6, 6.07) is 9.35. The fourth-order valence-corrected chi connectivity index (χ4v) is 4.31. The SMILES string of the molecule is Cc1ccc(N([C@@H](C)C(=O)NCc2ccc(Cl)cc2Cl)S(C)(=O)=O)cc1C. The zero-order valence-corrected chi connectivity index (χ0v) is 17.9. The van der Waals surface area contributed by atoms with Crippen LogP contribution in [0.4, 0.5) is 5.69 Å². The van der Waals surface area contributed by atoms with E-state index in [4.69, 9.17) is 23.2 Å². The van der Waals surface area contributed by atoms with Gasteiger partial charge in [-0.25, -0.2) is 8.42 Å². The maximum Gasteiger partial charge on any atom is 0.243 e. The van der Waals surface area contributed by atoms with Gasteiger partial charge in [-0.3, -0.25) is 9.10 Å². The van der Waals surface area contributed by atoms with Crippen LogP contribution in [0.1, 0.15) is 23.6 Å². The number of carbonyl (C=O) groups excluding carboxylic acids is 1. The van der Waals surface area contributed by atoms with E-state index in [9.17, 15) is 13.2 Å². The van der Waals surface area contributed by atoms with Crippen LogP contribution in [0.3, 0.4) is 0 Å². The quantitative estimate of drug-likeness (QED) is 0.753. The molecule has 1 N–H and O–H groups in total. The Morgan fingerprint density at radius 1 is 1.11 bits per heavy atom. The topological polar surface area (TPSA) is 66.5 Å². The third kappa shape index (κ3) is 5.37. The second-order valence-corrected chi connectivity index (χ2v) is 9.16. The van der Waals surface area contributed by atoms with Gasteiger partial charge in [-0.15, -0.1) is 0 Å². The van der Waals surface area contributed by atoms with Crippen LogP contribution in [0.5, 0.6) is 0 Å². The molecule has 0 saturated carbocycles. The van der Waals surface area contributed by atoms with E-state index in [1.807, 2.05) is 19.9 Å². The van der Waals surface area contributed by atoms with Crippen molar-refractivity contribution in [3.05, 3.63) is 63.1 Å². The van der Waals surface area contributed by atoms with Crippen molar-refractivity contribution in [2.75, 3.05) is 10.6 Å². The zero-order chi connectivity index (χ0) is 20.4. The van der Waals surface area contributed by atoms with Crippen LogP contribution in [0, 0.1) is 13.8 Å². The predicted octanol–water partition coefficient (Wildman–Crippen LogP) is 4.08. The summed E-state index contributed by atoms with van der Waals surface area (Å²) in [7, 11) is -3.66. The van der Waals surface area contributed by atoms with Crippen molar-refractivity contribution < 1.29 is 13.2 Å². The molecule has 27 heavy (non-hydrogen) atoms. The molecule has 0 radical (unpaired) electrons. The molecule has 2 rings (SSSR count). The molecule has 0 aliphatic heterocycles. The minimum absolute atomic E-state index is 0.170. The number of amides is 1. The van der Waals surface area contributed by atoms with E-state index < -0.39 is 22.0 Å². The van der Waals surface area contributed by atoms with Gasteiger partial charge >= 0.3 is 0 Å². The Morgan fingerprint density at radius 2 is 1.78 bits per heavy atom. The first-order valence-electron chi connectivity index (χ1n) is 8.29. The van der Waals surface area contributed by atoms with E-state index in [-0.39, 0.29) is 6.54 Å². The lowest BCUT2D eigenvalue weighted by molar-refractivity contribution is -0.122. The van der Waals surface area contributed by atoms with Crippen molar-refractivity contribution >= 4 is 44.8 Å². The van der Waals surface area contributed by atoms with Crippen molar-refractivity contribution in [2.24, 2.45) is 0 Å². The Balaban J connectivity index is 2.23. The minimum Gasteiger partial charge on any atom is -0.350 e. The molecule has 0 saturated heterocycles. The minimum atomic E-state index is -3.66. The van der Waals surface area contributed by atoms with Gasteiger partial charge in [0.05, 0.1) is 11.9 Å². The van der Waals surface area contributed by atoms with Crippen LogP contribution in [-0.4, -0.2) is 26.6 Å². The highest BCUT2D eigenvalue weighted by molar-refractivity contribution is 7.92. The molecule has 5 nitrogen and oxygen atoms in total. The summed E-state index contributed by atoms with van der Waals surface area (Å²) in [5, 5.41) is 3.67. The molecule has 1 amide bonds. The van der Waals surface area contributed by atoms with E-state index >= 15 is 0 Å². The number of benzene rings is 2. The number of nitrogens with zero attached hydrogens (tertiary/aromatic N) is 1. The van der Waals surface area contributed by atoms with Crippen LogP contribution in [0.15, 0.2) is 36.4 Å². The van der Waals surface area contributed by atoms with Gasteiger partial charge in [-0.1, -0.05) is 35.3 Å². The van der Waals surface area contributed by atoms with Crippen LogP contribution >= 0.6 is 23.2 Å². The highest BCUT2D eigenvalue weighted by Crippen LogP contribution is 2.24. The average molecular weight is 429 g/mol. The monoisotopic (exact) mass is 428 g/mol. The molecule has 0 aliphatic rings. The number of sulfonamides is 1. The summed E-state index contributed by atoms with van der Waals surface area (Å²) in [6.07, 6.45) is 1.09. The fourth-order valence-electron chi connectivity index (χ4n) is 2.67. The number of nitrogens with one attached hydrogen (secondary N) is 1. The summed E-state index contributed by atoms with van der Waals surface area (Å²) in [6.45, 7) is 5.56. The van der Waals surface area contributed by atoms with Gasteiger partial charge in [-0.05, 0) is 61.7 Å². The van der Waals surface area contributed by atoms with E-state index in [1.165, 1.54) is 0 Å². The highest BCUT2D eigenvalue weighted by atomic mass is 35.5. The maximum absolute atomic E-state index is 12.6. The second kappa shape index (κ2) is 8.50. The van der Waals surface area contributed by atoms with Gasteiger partial charge in [0.1, 0.15) is 6.04 Å². The standard InChI is InChI=1S/C19H22Cl2N2O3S/c1-12-5-8-17(9-13(12)2)23(27(4,25)26)14(3)19(24)22-11-15-6-7-16(20)10-18(15)21/h5-10,14H,11H2,1-4H3,(H,22,24)/t14-/m0/s1. The first-order chi connectivity index (χ1) is 12.5. The number of hydrogen-bond donors (Lipinski definition) is 1. The summed E-state index contributed by atoms with van der Waals surface area (Å²) in [5.74, 6) is -0.426. The van der Waals surface area contributed by atoms with Crippen molar-refractivity contribution in [2.45, 2.75) is 33.4 Å². The number of aryl methyl sites for hydroxylation is 2. The number of hydrogen-bond acceptors (Lipinski definition) is 3. The molecule has 0 bridgehead atoms. The molecule has 0 aliphatic carbocycles. The Kier molecular flexibility index (Phi) is 6.78. The van der Waals surface area contributed by atoms with Gasteiger partial charge in [-0.2, -0.15) is 0 Å². The zero-order valence-electron chi connectivity index (χ0n) is 15.6. The molecular weight excluding hydrogens is 407 g/mol. The lowest BCUT2D eigenvalue weighted by Gasteiger charge is -2.28. The van der Waals surface area contributed by atoms with Crippen molar-refractivity contribution in [1.29, 1.82) is 0 Å². The summed E-state index contributed by atoms with van der Waals surface area (Å²) < 4.78 is 25.8. The van der Waals surface area contributed by atoms with Gasteiger partial charge in [0, 0.05) is 16.6 Å². The van der Waals surface area contributed by atoms with E-state index in [0.29, 0.717) is 21.3 Å². The molecule has 146 valence electrons. The Morgan fingerprint density at radius 3 is 2.33 bits per heavy atom. The lowest BCUT2D eigenvalue weighted by Crippen LogP contribution is -2.47. The van der Waals surface area contributed by atoms with Crippen molar-refractivity contribution in [3.63, 3.8) is 0 Å². The van der Waals surface area contributed by atoms with Crippen LogP contribution in [-0.2, 0) is 21.4 Å². The number of anilines is 1. The molecule has 2 aromatic rings. The van der Waals surface area contributed by atoms with E-state index in [2.05, 4.69) is 5.32 Å². The summed E-state index contributed by atoms with van der Waals surface area (Å²) in [4.78, 5) is 12.6. The van der Waals surface area contributed by atoms with E-state index in [1.54, 1.807) is 37.3 Å². The van der Waals surface area contributed by atoms with Crippen molar-refractivity contribution in [3.8, 4) is 0 Å². The number of carbonyl (C=O) groups is 1. The molecule has 0 spiro atoms. The van der Waals surface area contributed by atoms with Crippen LogP contribution in [0.25, 0.3) is 0 Å². The molecule has 2 aromatic carbocycles. The molecule has 0 fully saturated rings. The maximum atomic E-state index is 12.6.